The summed E-state index contributed by atoms with van der Waals surface area (Å²) < 4.78 is 13.7. The molecule has 2 aromatic carbocycles. The van der Waals surface area contributed by atoms with Crippen molar-refractivity contribution in [3.05, 3.63) is 70.7 Å². The molecule has 4 heteroatoms. The average molecular weight is 331 g/mol. The van der Waals surface area contributed by atoms with E-state index in [0.717, 1.165) is 22.0 Å². The van der Waals surface area contributed by atoms with Crippen LogP contribution in [-0.4, -0.2) is 4.98 Å². The van der Waals surface area contributed by atoms with E-state index < -0.39 is 0 Å². The molecule has 0 unspecified atom stereocenters. The summed E-state index contributed by atoms with van der Waals surface area (Å²) in [4.78, 5) is 4.12. The largest absolute Gasteiger partial charge is 0.380 e. The van der Waals surface area contributed by atoms with E-state index in [1.165, 1.54) is 6.07 Å². The Morgan fingerprint density at radius 3 is 2.90 bits per heavy atom. The lowest BCUT2D eigenvalue weighted by atomic mass is 10.1. The minimum atomic E-state index is -0.245. The maximum absolute atomic E-state index is 13.2. The van der Waals surface area contributed by atoms with Gasteiger partial charge in [0.25, 0.3) is 0 Å². The molecule has 0 aliphatic rings. The van der Waals surface area contributed by atoms with Crippen LogP contribution in [-0.2, 0) is 6.54 Å². The first-order chi connectivity index (χ1) is 9.74. The van der Waals surface area contributed by atoms with Crippen LogP contribution in [0.3, 0.4) is 0 Å². The zero-order chi connectivity index (χ0) is 13.9. The third-order valence-corrected chi connectivity index (χ3v) is 3.76. The fraction of sp³-hybridized carbons (Fsp3) is 0.0625. The van der Waals surface area contributed by atoms with E-state index in [2.05, 4.69) is 26.2 Å². The van der Waals surface area contributed by atoms with Gasteiger partial charge in [-0.2, -0.15) is 0 Å². The second-order valence-corrected chi connectivity index (χ2v) is 5.36. The predicted molar refractivity (Wildman–Crippen MR) is 83.2 cm³/mol. The fourth-order valence-corrected chi connectivity index (χ4v) is 2.55. The Morgan fingerprint density at radius 2 is 2.05 bits per heavy atom. The Kier molecular flexibility index (Phi) is 3.65. The molecule has 1 heterocycles. The number of benzene rings is 2. The molecule has 0 aliphatic heterocycles. The molecular formula is C16H12BrFN2. The van der Waals surface area contributed by atoms with Crippen molar-refractivity contribution in [3.8, 4) is 0 Å². The number of rotatable bonds is 3. The van der Waals surface area contributed by atoms with Crippen molar-refractivity contribution >= 4 is 32.4 Å². The summed E-state index contributed by atoms with van der Waals surface area (Å²) in [5.74, 6) is -0.245. The van der Waals surface area contributed by atoms with E-state index in [-0.39, 0.29) is 5.82 Å². The van der Waals surface area contributed by atoms with Crippen LogP contribution < -0.4 is 5.32 Å². The van der Waals surface area contributed by atoms with Crippen LogP contribution in [0.15, 0.2) is 59.3 Å². The zero-order valence-electron chi connectivity index (χ0n) is 10.6. The summed E-state index contributed by atoms with van der Waals surface area (Å²) >= 11 is 3.20. The van der Waals surface area contributed by atoms with E-state index >= 15 is 0 Å². The van der Waals surface area contributed by atoms with E-state index in [9.17, 15) is 4.39 Å². The predicted octanol–water partition coefficient (Wildman–Crippen LogP) is 4.75. The summed E-state index contributed by atoms with van der Waals surface area (Å²) in [5.41, 5.74) is 2.06. The summed E-state index contributed by atoms with van der Waals surface area (Å²) in [5, 5.41) is 5.60. The molecule has 2 nitrogen and oxygen atoms in total. The van der Waals surface area contributed by atoms with Crippen LogP contribution in [0.1, 0.15) is 5.56 Å². The van der Waals surface area contributed by atoms with Gasteiger partial charge in [0.15, 0.2) is 0 Å². The number of hydrogen-bond acceptors (Lipinski definition) is 2. The smallest absolute Gasteiger partial charge is 0.137 e. The van der Waals surface area contributed by atoms with E-state index in [1.54, 1.807) is 18.3 Å². The maximum atomic E-state index is 13.2. The summed E-state index contributed by atoms with van der Waals surface area (Å²) in [6.45, 7) is 0.639. The number of aromatic nitrogens is 1. The van der Waals surface area contributed by atoms with Gasteiger partial charge in [-0.25, -0.2) is 4.39 Å². The number of halogens is 2. The van der Waals surface area contributed by atoms with Gasteiger partial charge in [0.2, 0.25) is 0 Å². The second kappa shape index (κ2) is 5.59. The molecule has 100 valence electrons. The Hall–Kier alpha value is -1.94. The highest BCUT2D eigenvalue weighted by atomic mass is 79.9. The summed E-state index contributed by atoms with van der Waals surface area (Å²) in [7, 11) is 0. The highest BCUT2D eigenvalue weighted by Gasteiger charge is 2.03. The Bertz CT molecular complexity index is 753. The minimum Gasteiger partial charge on any atom is -0.380 e. The van der Waals surface area contributed by atoms with Gasteiger partial charge in [0, 0.05) is 35.4 Å². The summed E-state index contributed by atoms with van der Waals surface area (Å²) in [6.07, 6.45) is 3.62. The lowest BCUT2D eigenvalue weighted by Gasteiger charge is -2.10. The van der Waals surface area contributed by atoms with Crippen LogP contribution >= 0.6 is 15.9 Å². The first kappa shape index (κ1) is 13.1. The normalized spacial score (nSPS) is 10.7. The molecule has 1 N–H and O–H groups in total. The van der Waals surface area contributed by atoms with Gasteiger partial charge in [-0.3, -0.25) is 4.98 Å². The molecular weight excluding hydrogens is 319 g/mol. The van der Waals surface area contributed by atoms with Gasteiger partial charge in [-0.05, 0) is 45.8 Å². The molecule has 1 aromatic heterocycles. The number of pyridine rings is 1. The van der Waals surface area contributed by atoms with Gasteiger partial charge >= 0.3 is 0 Å². The first-order valence-electron chi connectivity index (χ1n) is 6.24. The second-order valence-electron chi connectivity index (χ2n) is 4.50. The van der Waals surface area contributed by atoms with Crippen molar-refractivity contribution in [1.29, 1.82) is 0 Å². The Balaban J connectivity index is 1.85. The van der Waals surface area contributed by atoms with Crippen LogP contribution in [0.4, 0.5) is 10.1 Å². The van der Waals surface area contributed by atoms with Crippen LogP contribution in [0.5, 0.6) is 0 Å². The molecule has 20 heavy (non-hydrogen) atoms. The molecule has 0 bridgehead atoms. The van der Waals surface area contributed by atoms with Crippen molar-refractivity contribution in [1.82, 2.24) is 4.98 Å². The molecule has 0 aliphatic carbocycles. The lowest BCUT2D eigenvalue weighted by molar-refractivity contribution is 0.620. The van der Waals surface area contributed by atoms with Gasteiger partial charge in [-0.15, -0.1) is 0 Å². The number of hydrogen-bond donors (Lipinski definition) is 1. The van der Waals surface area contributed by atoms with Gasteiger partial charge < -0.3 is 5.32 Å². The molecule has 0 fully saturated rings. The first-order valence-corrected chi connectivity index (χ1v) is 7.04. The molecule has 0 saturated heterocycles. The maximum Gasteiger partial charge on any atom is 0.137 e. The van der Waals surface area contributed by atoms with Gasteiger partial charge in [0.1, 0.15) is 5.82 Å². The number of fused-ring (bicyclic) bond motifs is 1. The van der Waals surface area contributed by atoms with Crippen molar-refractivity contribution in [2.24, 2.45) is 0 Å². The molecule has 0 saturated carbocycles. The van der Waals surface area contributed by atoms with Crippen molar-refractivity contribution in [2.75, 3.05) is 5.32 Å². The quantitative estimate of drug-likeness (QED) is 0.749. The van der Waals surface area contributed by atoms with Crippen LogP contribution in [0.25, 0.3) is 10.8 Å². The highest BCUT2D eigenvalue weighted by Crippen LogP contribution is 2.23. The third-order valence-electron chi connectivity index (χ3n) is 3.15. The monoisotopic (exact) mass is 330 g/mol. The van der Waals surface area contributed by atoms with E-state index in [0.29, 0.717) is 11.0 Å². The van der Waals surface area contributed by atoms with Gasteiger partial charge in [-0.1, -0.05) is 18.2 Å². The highest BCUT2D eigenvalue weighted by molar-refractivity contribution is 9.10. The molecule has 0 amide bonds. The van der Waals surface area contributed by atoms with Gasteiger partial charge in [0.05, 0.1) is 4.47 Å². The average Bonchev–Trinajstić information content (AvgIpc) is 2.48. The molecule has 0 radical (unpaired) electrons. The molecule has 3 aromatic rings. The number of anilines is 1. The van der Waals surface area contributed by atoms with E-state index in [4.69, 9.17) is 0 Å². The zero-order valence-corrected chi connectivity index (χ0v) is 12.2. The topological polar surface area (TPSA) is 24.9 Å². The van der Waals surface area contributed by atoms with Crippen LogP contribution in [0.2, 0.25) is 0 Å². The Morgan fingerprint density at radius 1 is 1.15 bits per heavy atom. The SMILES string of the molecule is Fc1ccc(CNc2cccc3cnccc23)cc1Br. The number of nitrogens with zero attached hydrogens (tertiary/aromatic N) is 1. The van der Waals surface area contributed by atoms with Crippen molar-refractivity contribution in [2.45, 2.75) is 6.54 Å². The molecule has 3 rings (SSSR count). The Labute approximate surface area is 124 Å². The van der Waals surface area contributed by atoms with Crippen molar-refractivity contribution in [3.63, 3.8) is 0 Å². The molecule has 0 spiro atoms. The fourth-order valence-electron chi connectivity index (χ4n) is 2.12. The minimum absolute atomic E-state index is 0.245. The van der Waals surface area contributed by atoms with Crippen LogP contribution in [0, 0.1) is 5.82 Å². The molecule has 0 atom stereocenters. The standard InChI is InChI=1S/C16H12BrFN2/c17-14-8-11(4-5-15(14)18)9-20-16-3-1-2-12-10-19-7-6-13(12)16/h1-8,10,20H,9H2. The number of nitrogens with one attached hydrogen (secondary N) is 1. The van der Waals surface area contributed by atoms with E-state index in [1.807, 2.05) is 30.5 Å². The third kappa shape index (κ3) is 2.65. The summed E-state index contributed by atoms with van der Waals surface area (Å²) in [6, 6.07) is 13.1. The lowest BCUT2D eigenvalue weighted by Crippen LogP contribution is -2.00. The van der Waals surface area contributed by atoms with Crippen molar-refractivity contribution < 1.29 is 4.39 Å².